The summed E-state index contributed by atoms with van der Waals surface area (Å²) in [5, 5.41) is 7.30. The number of nitrogens with zero attached hydrogens (tertiary/aromatic N) is 3. The Hall–Kier alpha value is -3.81. The molecule has 1 aromatic heterocycles. The maximum Gasteiger partial charge on any atom is 0.257 e. The van der Waals surface area contributed by atoms with Gasteiger partial charge in [-0.1, -0.05) is 17.7 Å². The maximum atomic E-state index is 13.2. The Morgan fingerprint density at radius 3 is 2.56 bits per heavy atom. The Kier molecular flexibility index (Phi) is 6.11. The smallest absolute Gasteiger partial charge is 0.257 e. The van der Waals surface area contributed by atoms with Crippen molar-refractivity contribution < 1.29 is 19.1 Å². The molecule has 0 fully saturated rings. The van der Waals surface area contributed by atoms with Gasteiger partial charge in [0.15, 0.2) is 11.5 Å². The van der Waals surface area contributed by atoms with Crippen LogP contribution in [0.5, 0.6) is 11.5 Å². The predicted molar refractivity (Wildman–Crippen MR) is 121 cm³/mol. The summed E-state index contributed by atoms with van der Waals surface area (Å²) in [6.45, 7) is 3.08. The van der Waals surface area contributed by atoms with E-state index in [0.29, 0.717) is 41.7 Å². The van der Waals surface area contributed by atoms with Gasteiger partial charge in [-0.05, 0) is 37.3 Å². The normalized spacial score (nSPS) is 12.7. The van der Waals surface area contributed by atoms with Gasteiger partial charge in [0.25, 0.3) is 5.91 Å². The molecule has 2 heterocycles. The molecule has 1 aliphatic heterocycles. The van der Waals surface area contributed by atoms with Crippen molar-refractivity contribution in [1.82, 2.24) is 14.7 Å². The summed E-state index contributed by atoms with van der Waals surface area (Å²) in [5.74, 6) is 0.750. The number of nitrogens with one attached hydrogen (secondary N) is 1. The molecule has 0 atom stereocenters. The van der Waals surface area contributed by atoms with Gasteiger partial charge in [0.05, 0.1) is 25.3 Å². The van der Waals surface area contributed by atoms with Crippen LogP contribution in [0.4, 0.5) is 5.69 Å². The first-order valence-corrected chi connectivity index (χ1v) is 10.5. The van der Waals surface area contributed by atoms with E-state index < -0.39 is 0 Å². The Balaban J connectivity index is 1.51. The molecule has 2 amide bonds. The van der Waals surface area contributed by atoms with Crippen molar-refractivity contribution in [2.24, 2.45) is 7.05 Å². The van der Waals surface area contributed by atoms with E-state index in [1.165, 1.54) is 4.90 Å². The van der Waals surface area contributed by atoms with Gasteiger partial charge in [-0.3, -0.25) is 14.3 Å². The van der Waals surface area contributed by atoms with Crippen molar-refractivity contribution in [3.05, 3.63) is 59.8 Å². The highest BCUT2D eigenvalue weighted by molar-refractivity contribution is 6.02. The van der Waals surface area contributed by atoms with Crippen molar-refractivity contribution in [1.29, 1.82) is 0 Å². The number of aromatic nitrogens is 2. The lowest BCUT2D eigenvalue weighted by Crippen LogP contribution is -2.35. The largest absolute Gasteiger partial charge is 0.490 e. The molecule has 4 rings (SSSR count). The van der Waals surface area contributed by atoms with Crippen LogP contribution >= 0.6 is 0 Å². The number of rotatable bonds is 5. The minimum Gasteiger partial charge on any atom is -0.490 e. The predicted octanol–water partition coefficient (Wildman–Crippen LogP) is 3.27. The van der Waals surface area contributed by atoms with Crippen molar-refractivity contribution >= 4 is 17.5 Å². The Morgan fingerprint density at radius 2 is 1.81 bits per heavy atom. The van der Waals surface area contributed by atoms with Crippen LogP contribution in [0.15, 0.2) is 48.7 Å². The second-order valence-corrected chi connectivity index (χ2v) is 7.85. The summed E-state index contributed by atoms with van der Waals surface area (Å²) in [6, 6.07) is 13.0. The van der Waals surface area contributed by atoms with Crippen LogP contribution in [0.3, 0.4) is 0 Å². The topological polar surface area (TPSA) is 85.7 Å². The number of fused-ring (bicyclic) bond motifs is 1. The van der Waals surface area contributed by atoms with E-state index >= 15 is 0 Å². The van der Waals surface area contributed by atoms with Crippen LogP contribution in [0.25, 0.3) is 11.3 Å². The fraction of sp³-hybridized carbons (Fsp3) is 0.292. The number of ether oxygens (including phenoxy) is 2. The quantitative estimate of drug-likeness (QED) is 0.666. The zero-order valence-electron chi connectivity index (χ0n) is 18.4. The number of hydrogen-bond acceptors (Lipinski definition) is 5. The van der Waals surface area contributed by atoms with Crippen molar-refractivity contribution in [2.45, 2.75) is 13.3 Å². The van der Waals surface area contributed by atoms with E-state index in [1.807, 2.05) is 49.4 Å². The van der Waals surface area contributed by atoms with Gasteiger partial charge in [0, 0.05) is 38.0 Å². The number of carbonyl (C=O) groups is 2. The molecule has 0 spiro atoms. The second kappa shape index (κ2) is 9.13. The minimum atomic E-state index is -0.292. The lowest BCUT2D eigenvalue weighted by Gasteiger charge is -2.17. The zero-order valence-corrected chi connectivity index (χ0v) is 18.4. The number of benzene rings is 2. The molecule has 0 saturated carbocycles. The van der Waals surface area contributed by atoms with Gasteiger partial charge in [0.1, 0.15) is 5.69 Å². The summed E-state index contributed by atoms with van der Waals surface area (Å²) in [6.07, 6.45) is 2.47. The van der Waals surface area contributed by atoms with E-state index in [2.05, 4.69) is 10.4 Å². The molecule has 8 nitrogen and oxygen atoms in total. The standard InChI is InChI=1S/C24H26N4O4/c1-16-5-8-18(9-6-16)25-22(29)15-27(2)24(30)19-14-28(3)26-23(19)17-7-10-20-21(13-17)32-12-4-11-31-20/h5-10,13-14H,4,11-12,15H2,1-3H3,(H,25,29). The molecule has 3 aromatic rings. The first kappa shape index (κ1) is 21.4. The van der Waals surface area contributed by atoms with Crippen molar-refractivity contribution in [3.63, 3.8) is 0 Å². The highest BCUT2D eigenvalue weighted by atomic mass is 16.5. The molecule has 32 heavy (non-hydrogen) atoms. The molecule has 2 aromatic carbocycles. The molecule has 0 aliphatic carbocycles. The summed E-state index contributed by atoms with van der Waals surface area (Å²) in [7, 11) is 3.36. The SMILES string of the molecule is Cc1ccc(NC(=O)CN(C)C(=O)c2cn(C)nc2-c2ccc3c(c2)OCCCO3)cc1. The van der Waals surface area contributed by atoms with E-state index in [-0.39, 0.29) is 18.4 Å². The van der Waals surface area contributed by atoms with Crippen LogP contribution in [-0.4, -0.2) is 53.3 Å². The van der Waals surface area contributed by atoms with Crippen molar-refractivity contribution in [3.8, 4) is 22.8 Å². The number of amides is 2. The van der Waals surface area contributed by atoms with Crippen LogP contribution in [0.1, 0.15) is 22.3 Å². The number of carbonyl (C=O) groups excluding carboxylic acids is 2. The molecule has 1 N–H and O–H groups in total. The third kappa shape index (κ3) is 4.74. The van der Waals surface area contributed by atoms with E-state index in [1.54, 1.807) is 25.0 Å². The highest BCUT2D eigenvalue weighted by Crippen LogP contribution is 2.35. The van der Waals surface area contributed by atoms with Gasteiger partial charge in [-0.15, -0.1) is 0 Å². The van der Waals surface area contributed by atoms with Crippen LogP contribution in [0, 0.1) is 6.92 Å². The zero-order chi connectivity index (χ0) is 22.7. The molecule has 8 heteroatoms. The first-order valence-electron chi connectivity index (χ1n) is 10.5. The fourth-order valence-corrected chi connectivity index (χ4v) is 3.50. The van der Waals surface area contributed by atoms with Crippen molar-refractivity contribution in [2.75, 3.05) is 32.1 Å². The fourth-order valence-electron chi connectivity index (χ4n) is 3.50. The highest BCUT2D eigenvalue weighted by Gasteiger charge is 2.23. The molecule has 0 unspecified atom stereocenters. The lowest BCUT2D eigenvalue weighted by atomic mass is 10.1. The molecular formula is C24H26N4O4. The van der Waals surface area contributed by atoms with Crippen LogP contribution < -0.4 is 14.8 Å². The van der Waals surface area contributed by atoms with E-state index in [4.69, 9.17) is 9.47 Å². The van der Waals surface area contributed by atoms with Gasteiger partial charge in [-0.2, -0.15) is 5.10 Å². The summed E-state index contributed by atoms with van der Waals surface area (Å²) >= 11 is 0. The van der Waals surface area contributed by atoms with E-state index in [0.717, 1.165) is 17.5 Å². The Labute approximate surface area is 186 Å². The number of aryl methyl sites for hydroxylation is 2. The lowest BCUT2D eigenvalue weighted by molar-refractivity contribution is -0.116. The third-order valence-corrected chi connectivity index (χ3v) is 5.14. The average molecular weight is 434 g/mol. The van der Waals surface area contributed by atoms with Gasteiger partial charge in [-0.25, -0.2) is 0 Å². The number of hydrogen-bond donors (Lipinski definition) is 1. The minimum absolute atomic E-state index is 0.0812. The third-order valence-electron chi connectivity index (χ3n) is 5.14. The Bertz CT molecular complexity index is 1140. The Morgan fingerprint density at radius 1 is 1.09 bits per heavy atom. The van der Waals surface area contributed by atoms with Gasteiger partial charge >= 0.3 is 0 Å². The number of likely N-dealkylation sites (N-methyl/N-ethyl adjacent to an activating group) is 1. The summed E-state index contributed by atoms with van der Waals surface area (Å²) < 4.78 is 13.1. The van der Waals surface area contributed by atoms with Gasteiger partial charge in [0.2, 0.25) is 5.91 Å². The molecule has 0 radical (unpaired) electrons. The summed E-state index contributed by atoms with van der Waals surface area (Å²) in [5.41, 5.74) is 3.48. The maximum absolute atomic E-state index is 13.2. The molecule has 0 saturated heterocycles. The monoisotopic (exact) mass is 434 g/mol. The summed E-state index contributed by atoms with van der Waals surface area (Å²) in [4.78, 5) is 27.0. The molecule has 0 bridgehead atoms. The second-order valence-electron chi connectivity index (χ2n) is 7.85. The molecule has 166 valence electrons. The average Bonchev–Trinajstić information content (AvgIpc) is 3.01. The molecular weight excluding hydrogens is 408 g/mol. The molecule has 1 aliphatic rings. The van der Waals surface area contributed by atoms with Crippen LogP contribution in [0.2, 0.25) is 0 Å². The van der Waals surface area contributed by atoms with Crippen LogP contribution in [-0.2, 0) is 11.8 Å². The van der Waals surface area contributed by atoms with E-state index in [9.17, 15) is 9.59 Å². The number of anilines is 1. The van der Waals surface area contributed by atoms with Gasteiger partial charge < -0.3 is 19.7 Å². The first-order chi connectivity index (χ1) is 15.4.